The Morgan fingerprint density at radius 2 is 2.59 bits per heavy atom. The molecule has 1 unspecified atom stereocenters. The Kier molecular flexibility index (Phi) is 3.75. The van der Waals surface area contributed by atoms with Gasteiger partial charge in [-0.1, -0.05) is 5.16 Å². The van der Waals surface area contributed by atoms with Crippen molar-refractivity contribution >= 4 is 5.91 Å². The highest BCUT2D eigenvalue weighted by atomic mass is 16.5. The Bertz CT molecular complexity index is 391. The molecule has 1 atom stereocenters. The second-order valence-corrected chi connectivity index (χ2v) is 4.16. The number of ether oxygens (including phenoxy) is 1. The minimum atomic E-state index is -0.432. The summed E-state index contributed by atoms with van der Waals surface area (Å²) in [6.07, 6.45) is 1.13. The number of hydrogen-bond acceptors (Lipinski definition) is 5. The Morgan fingerprint density at radius 3 is 3.29 bits per heavy atom. The number of carbonyl (C=O) groups is 1. The van der Waals surface area contributed by atoms with Crippen LogP contribution in [0.1, 0.15) is 29.1 Å². The Balaban J connectivity index is 2.02. The molecule has 1 amide bonds. The first-order valence-corrected chi connectivity index (χ1v) is 5.62. The minimum absolute atomic E-state index is 0.199. The van der Waals surface area contributed by atoms with Crippen molar-refractivity contribution in [1.82, 2.24) is 10.1 Å². The average molecular weight is 240 g/mol. The van der Waals surface area contributed by atoms with Gasteiger partial charge in [0.2, 0.25) is 0 Å². The van der Waals surface area contributed by atoms with Gasteiger partial charge in [-0.25, -0.2) is 0 Å². The number of methoxy groups -OCH3 is 1. The zero-order valence-electron chi connectivity index (χ0n) is 9.76. The van der Waals surface area contributed by atoms with Crippen LogP contribution in [0, 0.1) is 0 Å². The maximum absolute atomic E-state index is 12.0. The molecular formula is C11H16N2O4. The highest BCUT2D eigenvalue weighted by Gasteiger charge is 2.25. The van der Waals surface area contributed by atoms with Gasteiger partial charge >= 0.3 is 0 Å². The van der Waals surface area contributed by atoms with Gasteiger partial charge in [-0.15, -0.1) is 0 Å². The molecule has 2 heterocycles. The minimum Gasteiger partial charge on any atom is -0.391 e. The van der Waals surface area contributed by atoms with Crippen LogP contribution in [0.4, 0.5) is 0 Å². The van der Waals surface area contributed by atoms with Gasteiger partial charge < -0.3 is 19.3 Å². The first-order chi connectivity index (χ1) is 8.20. The zero-order valence-corrected chi connectivity index (χ0v) is 9.76. The van der Waals surface area contributed by atoms with Crippen LogP contribution < -0.4 is 0 Å². The first kappa shape index (κ1) is 12.1. The molecule has 6 heteroatoms. The number of rotatable bonds is 3. The molecule has 1 aromatic heterocycles. The topological polar surface area (TPSA) is 75.8 Å². The van der Waals surface area contributed by atoms with Crippen LogP contribution in [0.3, 0.4) is 0 Å². The summed E-state index contributed by atoms with van der Waals surface area (Å²) in [6, 6.07) is 1.58. The van der Waals surface area contributed by atoms with Gasteiger partial charge in [-0.2, -0.15) is 0 Å². The monoisotopic (exact) mass is 240 g/mol. The van der Waals surface area contributed by atoms with Crippen LogP contribution in [0.5, 0.6) is 0 Å². The fourth-order valence-electron chi connectivity index (χ4n) is 1.93. The number of carbonyl (C=O) groups excluding carboxylic acids is 1. The SMILES string of the molecule is COCc1cc(C(=O)N2CCCC(O)C2)no1. The number of likely N-dealkylation sites (tertiary alicyclic amines) is 1. The number of nitrogens with zero attached hydrogens (tertiary/aromatic N) is 2. The number of piperidine rings is 1. The highest BCUT2D eigenvalue weighted by molar-refractivity contribution is 5.92. The van der Waals surface area contributed by atoms with Gasteiger partial charge in [0.1, 0.15) is 6.61 Å². The zero-order chi connectivity index (χ0) is 12.3. The van der Waals surface area contributed by atoms with Gasteiger partial charge in [0.05, 0.1) is 6.10 Å². The molecule has 17 heavy (non-hydrogen) atoms. The lowest BCUT2D eigenvalue weighted by Crippen LogP contribution is -2.42. The lowest BCUT2D eigenvalue weighted by molar-refractivity contribution is 0.0465. The molecule has 1 aromatic rings. The van der Waals surface area contributed by atoms with E-state index >= 15 is 0 Å². The largest absolute Gasteiger partial charge is 0.391 e. The number of hydrogen-bond donors (Lipinski definition) is 1. The van der Waals surface area contributed by atoms with Crippen LogP contribution in [0.25, 0.3) is 0 Å². The van der Waals surface area contributed by atoms with E-state index in [1.807, 2.05) is 0 Å². The molecule has 94 valence electrons. The van der Waals surface area contributed by atoms with E-state index in [1.165, 1.54) is 0 Å². The standard InChI is InChI=1S/C11H16N2O4/c1-16-7-9-5-10(12-17-9)11(15)13-4-2-3-8(14)6-13/h5,8,14H,2-4,6-7H2,1H3. The van der Waals surface area contributed by atoms with E-state index in [1.54, 1.807) is 18.1 Å². The molecule has 0 saturated carbocycles. The van der Waals surface area contributed by atoms with E-state index in [4.69, 9.17) is 9.26 Å². The van der Waals surface area contributed by atoms with Crippen LogP contribution in [-0.2, 0) is 11.3 Å². The second-order valence-electron chi connectivity index (χ2n) is 4.16. The third kappa shape index (κ3) is 2.83. The molecule has 0 bridgehead atoms. The van der Waals surface area contributed by atoms with E-state index < -0.39 is 6.10 Å². The summed E-state index contributed by atoms with van der Waals surface area (Å²) in [5.41, 5.74) is 0.270. The predicted molar refractivity (Wildman–Crippen MR) is 58.4 cm³/mol. The smallest absolute Gasteiger partial charge is 0.276 e. The highest BCUT2D eigenvalue weighted by Crippen LogP contribution is 2.14. The quantitative estimate of drug-likeness (QED) is 0.828. The maximum atomic E-state index is 12.0. The van der Waals surface area contributed by atoms with Crippen molar-refractivity contribution in [2.24, 2.45) is 0 Å². The molecule has 1 fully saturated rings. The van der Waals surface area contributed by atoms with E-state index in [0.717, 1.165) is 12.8 Å². The molecule has 0 aromatic carbocycles. The molecule has 1 aliphatic rings. The van der Waals surface area contributed by atoms with Crippen LogP contribution in [0.15, 0.2) is 10.6 Å². The fraction of sp³-hybridized carbons (Fsp3) is 0.636. The third-order valence-corrected chi connectivity index (χ3v) is 2.75. The lowest BCUT2D eigenvalue weighted by Gasteiger charge is -2.29. The van der Waals surface area contributed by atoms with Crippen molar-refractivity contribution in [3.05, 3.63) is 17.5 Å². The van der Waals surface area contributed by atoms with Gasteiger partial charge in [-0.05, 0) is 12.8 Å². The normalized spacial score (nSPS) is 20.6. The van der Waals surface area contributed by atoms with Gasteiger partial charge in [-0.3, -0.25) is 4.79 Å². The van der Waals surface area contributed by atoms with Gasteiger partial charge in [0.25, 0.3) is 5.91 Å². The van der Waals surface area contributed by atoms with Crippen molar-refractivity contribution in [1.29, 1.82) is 0 Å². The van der Waals surface area contributed by atoms with E-state index in [-0.39, 0.29) is 11.6 Å². The van der Waals surface area contributed by atoms with Crippen molar-refractivity contribution in [2.75, 3.05) is 20.2 Å². The average Bonchev–Trinajstić information content (AvgIpc) is 2.77. The molecule has 1 saturated heterocycles. The molecule has 1 aliphatic heterocycles. The lowest BCUT2D eigenvalue weighted by atomic mass is 10.1. The maximum Gasteiger partial charge on any atom is 0.276 e. The van der Waals surface area contributed by atoms with Gasteiger partial charge in [0.15, 0.2) is 11.5 Å². The summed E-state index contributed by atoms with van der Waals surface area (Å²) < 4.78 is 9.84. The van der Waals surface area contributed by atoms with Crippen molar-refractivity contribution < 1.29 is 19.2 Å². The molecule has 0 aliphatic carbocycles. The predicted octanol–water partition coefficient (Wildman–Crippen LogP) is 0.418. The summed E-state index contributed by atoms with van der Waals surface area (Å²) in [5.74, 6) is 0.322. The number of aliphatic hydroxyl groups excluding tert-OH is 1. The Morgan fingerprint density at radius 1 is 1.76 bits per heavy atom. The molecule has 1 N–H and O–H groups in total. The van der Waals surface area contributed by atoms with Crippen molar-refractivity contribution in [3.63, 3.8) is 0 Å². The molecular weight excluding hydrogens is 224 g/mol. The summed E-state index contributed by atoms with van der Waals surface area (Å²) in [4.78, 5) is 13.6. The van der Waals surface area contributed by atoms with Gasteiger partial charge in [0, 0.05) is 26.3 Å². The number of β-amino-alcohol motifs (C(OH)–C–C–N with tert-alkyl or cyclic N) is 1. The second kappa shape index (κ2) is 5.29. The summed E-state index contributed by atoms with van der Waals surface area (Å²) in [6.45, 7) is 1.32. The Hall–Kier alpha value is -1.40. The van der Waals surface area contributed by atoms with Crippen LogP contribution >= 0.6 is 0 Å². The summed E-state index contributed by atoms with van der Waals surface area (Å²) in [5, 5.41) is 13.2. The van der Waals surface area contributed by atoms with Crippen molar-refractivity contribution in [3.8, 4) is 0 Å². The number of aromatic nitrogens is 1. The summed E-state index contributed by atoms with van der Waals surface area (Å²) >= 11 is 0. The third-order valence-electron chi connectivity index (χ3n) is 2.75. The van der Waals surface area contributed by atoms with E-state index in [9.17, 15) is 9.90 Å². The van der Waals surface area contributed by atoms with Crippen LogP contribution in [-0.4, -0.2) is 47.4 Å². The van der Waals surface area contributed by atoms with Crippen LogP contribution in [0.2, 0.25) is 0 Å². The Labute approximate surface area is 99.1 Å². The molecule has 2 rings (SSSR count). The first-order valence-electron chi connectivity index (χ1n) is 5.62. The number of aliphatic hydroxyl groups is 1. The summed E-state index contributed by atoms with van der Waals surface area (Å²) in [7, 11) is 1.55. The van der Waals surface area contributed by atoms with E-state index in [0.29, 0.717) is 25.5 Å². The fourth-order valence-corrected chi connectivity index (χ4v) is 1.93. The molecule has 6 nitrogen and oxygen atoms in total. The molecule has 0 spiro atoms. The van der Waals surface area contributed by atoms with Crippen molar-refractivity contribution in [2.45, 2.75) is 25.6 Å². The molecule has 0 radical (unpaired) electrons. The number of amides is 1. The van der Waals surface area contributed by atoms with E-state index in [2.05, 4.69) is 5.16 Å².